The van der Waals surface area contributed by atoms with Gasteiger partial charge in [-0.2, -0.15) is 4.31 Å². The molecule has 1 N–H and O–H groups in total. The summed E-state index contributed by atoms with van der Waals surface area (Å²) < 4.78 is 28.1. The first-order valence-corrected chi connectivity index (χ1v) is 14.1. The number of hydrogen-bond donors (Lipinski definition) is 1. The fourth-order valence-electron chi connectivity index (χ4n) is 5.05. The first kappa shape index (κ1) is 25.8. The Balaban J connectivity index is 1.50. The Morgan fingerprint density at radius 1 is 1.00 bits per heavy atom. The Bertz CT molecular complexity index is 1080. The summed E-state index contributed by atoms with van der Waals surface area (Å²) in [5.74, 6) is -0.259. The van der Waals surface area contributed by atoms with Crippen LogP contribution >= 0.6 is 0 Å². The number of rotatable bonds is 8. The van der Waals surface area contributed by atoms with Crippen LogP contribution in [-0.4, -0.2) is 81.3 Å². The van der Waals surface area contributed by atoms with Gasteiger partial charge in [0.05, 0.1) is 10.9 Å². The van der Waals surface area contributed by atoms with E-state index in [-0.39, 0.29) is 22.9 Å². The van der Waals surface area contributed by atoms with E-state index >= 15 is 0 Å². The fourth-order valence-corrected chi connectivity index (χ4v) is 6.52. The summed E-state index contributed by atoms with van der Waals surface area (Å²) in [4.78, 5) is 18.2. The van der Waals surface area contributed by atoms with Crippen molar-refractivity contribution in [1.29, 1.82) is 0 Å². The Morgan fingerprint density at radius 2 is 1.69 bits per heavy atom. The third-order valence-corrected chi connectivity index (χ3v) is 9.31. The highest BCUT2D eigenvalue weighted by atomic mass is 32.2. The number of carbonyl (C=O) groups excluding carboxylic acids is 1. The lowest BCUT2D eigenvalue weighted by atomic mass is 9.96. The van der Waals surface area contributed by atoms with Crippen LogP contribution in [0.15, 0.2) is 59.5 Å². The van der Waals surface area contributed by atoms with Gasteiger partial charge in [0.25, 0.3) is 5.91 Å². The van der Waals surface area contributed by atoms with Crippen LogP contribution in [0.2, 0.25) is 0 Å². The van der Waals surface area contributed by atoms with Gasteiger partial charge in [-0.15, -0.1) is 0 Å². The number of benzene rings is 2. The number of sulfonamides is 1. The summed E-state index contributed by atoms with van der Waals surface area (Å²) in [5.41, 5.74) is 1.41. The Labute approximate surface area is 210 Å². The van der Waals surface area contributed by atoms with Crippen LogP contribution in [0.25, 0.3) is 0 Å². The average Bonchev–Trinajstić information content (AvgIpc) is 2.90. The van der Waals surface area contributed by atoms with Gasteiger partial charge in [0.1, 0.15) is 0 Å². The molecule has 1 heterocycles. The lowest BCUT2D eigenvalue weighted by Crippen LogP contribution is -2.47. The zero-order valence-electron chi connectivity index (χ0n) is 20.9. The number of piperazine rings is 1. The molecule has 2 fully saturated rings. The lowest BCUT2D eigenvalue weighted by Gasteiger charge is -2.35. The third-order valence-electron chi connectivity index (χ3n) is 7.41. The van der Waals surface area contributed by atoms with Gasteiger partial charge >= 0.3 is 0 Å². The molecule has 1 atom stereocenters. The number of carbonyl (C=O) groups is 1. The molecule has 0 bridgehead atoms. The van der Waals surface area contributed by atoms with Crippen molar-refractivity contribution in [1.82, 2.24) is 19.4 Å². The monoisotopic (exact) mass is 498 g/mol. The van der Waals surface area contributed by atoms with Crippen molar-refractivity contribution >= 4 is 15.9 Å². The zero-order valence-corrected chi connectivity index (χ0v) is 21.7. The van der Waals surface area contributed by atoms with E-state index in [0.29, 0.717) is 12.1 Å². The highest BCUT2D eigenvalue weighted by Crippen LogP contribution is 2.27. The highest BCUT2D eigenvalue weighted by molar-refractivity contribution is 7.89. The third kappa shape index (κ3) is 6.50. The van der Waals surface area contributed by atoms with Crippen LogP contribution < -0.4 is 5.32 Å². The van der Waals surface area contributed by atoms with E-state index in [9.17, 15) is 13.2 Å². The number of nitrogens with one attached hydrogen (secondary N) is 1. The minimum absolute atomic E-state index is 0.0253. The Hall–Kier alpha value is -2.26. The minimum Gasteiger partial charge on any atom is -0.344 e. The molecule has 190 valence electrons. The molecule has 7 nitrogen and oxygen atoms in total. The van der Waals surface area contributed by atoms with Crippen LogP contribution in [0.5, 0.6) is 0 Å². The molecule has 1 amide bonds. The minimum atomic E-state index is -3.66. The molecule has 1 saturated carbocycles. The van der Waals surface area contributed by atoms with E-state index in [0.717, 1.165) is 63.8 Å². The van der Waals surface area contributed by atoms with Crippen molar-refractivity contribution in [2.45, 2.75) is 49.1 Å². The summed E-state index contributed by atoms with van der Waals surface area (Å²) in [6.07, 6.45) is 5.06. The van der Waals surface area contributed by atoms with E-state index < -0.39 is 10.0 Å². The average molecular weight is 499 g/mol. The maximum Gasteiger partial charge on any atom is 0.251 e. The van der Waals surface area contributed by atoms with Gasteiger partial charge < -0.3 is 10.2 Å². The molecule has 35 heavy (non-hydrogen) atoms. The Morgan fingerprint density at radius 3 is 2.37 bits per heavy atom. The molecule has 0 radical (unpaired) electrons. The van der Waals surface area contributed by atoms with Gasteiger partial charge in [0.15, 0.2) is 0 Å². The maximum absolute atomic E-state index is 13.3. The summed E-state index contributed by atoms with van der Waals surface area (Å²) >= 11 is 0. The molecule has 1 unspecified atom stereocenters. The van der Waals surface area contributed by atoms with E-state index in [1.807, 2.05) is 30.3 Å². The van der Waals surface area contributed by atoms with Crippen LogP contribution in [0, 0.1) is 0 Å². The van der Waals surface area contributed by atoms with Crippen molar-refractivity contribution in [3.63, 3.8) is 0 Å². The molecule has 2 aromatic rings. The number of likely N-dealkylation sites (N-methyl/N-ethyl adjacent to an activating group) is 1. The van der Waals surface area contributed by atoms with Crippen molar-refractivity contribution in [2.24, 2.45) is 0 Å². The van der Waals surface area contributed by atoms with Crippen molar-refractivity contribution in [3.8, 4) is 0 Å². The van der Waals surface area contributed by atoms with E-state index in [4.69, 9.17) is 0 Å². The molecule has 0 spiro atoms. The quantitative estimate of drug-likeness (QED) is 0.604. The molecule has 2 aromatic carbocycles. The van der Waals surface area contributed by atoms with Crippen LogP contribution in [0.4, 0.5) is 0 Å². The summed E-state index contributed by atoms with van der Waals surface area (Å²) in [6, 6.07) is 16.3. The zero-order chi connectivity index (χ0) is 24.8. The van der Waals surface area contributed by atoms with Gasteiger partial charge in [-0.3, -0.25) is 9.69 Å². The predicted molar refractivity (Wildman–Crippen MR) is 139 cm³/mol. The largest absolute Gasteiger partial charge is 0.344 e. The molecule has 2 aliphatic rings. The summed E-state index contributed by atoms with van der Waals surface area (Å²) in [5, 5.41) is 3.18. The van der Waals surface area contributed by atoms with Crippen LogP contribution in [0.3, 0.4) is 0 Å². The molecule has 1 saturated heterocycles. The normalized spacial score (nSPS) is 19.5. The second kappa shape index (κ2) is 11.6. The number of hydrogen-bond acceptors (Lipinski definition) is 5. The van der Waals surface area contributed by atoms with Crippen molar-refractivity contribution in [3.05, 3.63) is 65.7 Å². The first-order chi connectivity index (χ1) is 16.8. The smallest absolute Gasteiger partial charge is 0.251 e. The Kier molecular flexibility index (Phi) is 8.59. The van der Waals surface area contributed by atoms with Crippen molar-refractivity contribution < 1.29 is 13.2 Å². The molecular formula is C27H38N4O3S. The van der Waals surface area contributed by atoms with E-state index in [2.05, 4.69) is 22.2 Å². The predicted octanol–water partition coefficient (Wildman–Crippen LogP) is 3.36. The molecular weight excluding hydrogens is 460 g/mol. The van der Waals surface area contributed by atoms with Crippen LogP contribution in [-0.2, 0) is 10.0 Å². The van der Waals surface area contributed by atoms with Gasteiger partial charge in [-0.25, -0.2) is 8.42 Å². The molecule has 4 rings (SSSR count). The van der Waals surface area contributed by atoms with Crippen LogP contribution in [0.1, 0.15) is 54.1 Å². The molecule has 0 aromatic heterocycles. The fraction of sp³-hybridized carbons (Fsp3) is 0.519. The van der Waals surface area contributed by atoms with E-state index in [1.54, 1.807) is 25.2 Å². The lowest BCUT2D eigenvalue weighted by molar-refractivity contribution is 0.0907. The highest BCUT2D eigenvalue weighted by Gasteiger charge is 2.30. The topological polar surface area (TPSA) is 73.0 Å². The molecule has 1 aliphatic carbocycles. The second-order valence-electron chi connectivity index (χ2n) is 9.88. The standard InChI is InChI=1S/C27H38N4O3S/c1-29-16-18-31(19-17-29)21-26(22-10-5-3-6-11-22)28-27(32)23-12-9-15-25(20-23)35(33,34)30(2)24-13-7-4-8-14-24/h3,5-6,9-12,15,20,24,26H,4,7-8,13-14,16-19,21H2,1-2H3,(H,28,32). The van der Waals surface area contributed by atoms with Gasteiger partial charge in [0, 0.05) is 51.4 Å². The van der Waals surface area contributed by atoms with Crippen molar-refractivity contribution in [2.75, 3.05) is 46.8 Å². The second-order valence-corrected chi connectivity index (χ2v) is 11.9. The summed E-state index contributed by atoms with van der Waals surface area (Å²) in [6.45, 7) is 4.63. The maximum atomic E-state index is 13.3. The van der Waals surface area contributed by atoms with E-state index in [1.165, 1.54) is 10.4 Å². The number of amides is 1. The van der Waals surface area contributed by atoms with Gasteiger partial charge in [0.2, 0.25) is 10.0 Å². The molecule has 1 aliphatic heterocycles. The van der Waals surface area contributed by atoms with Gasteiger partial charge in [-0.1, -0.05) is 55.7 Å². The first-order valence-electron chi connectivity index (χ1n) is 12.7. The SMILES string of the molecule is CN1CCN(CC(NC(=O)c2cccc(S(=O)(=O)N(C)C3CCCCC3)c2)c2ccccc2)CC1. The number of nitrogens with zero attached hydrogens (tertiary/aromatic N) is 3. The molecule has 8 heteroatoms. The van der Waals surface area contributed by atoms with Gasteiger partial charge in [-0.05, 0) is 43.7 Å². The summed E-state index contributed by atoms with van der Waals surface area (Å²) in [7, 11) is 0.129.